The van der Waals surface area contributed by atoms with Crippen LogP contribution in [0.25, 0.3) is 0 Å². The van der Waals surface area contributed by atoms with Gasteiger partial charge in [0.05, 0.1) is 0 Å². The van der Waals surface area contributed by atoms with Gasteiger partial charge in [-0.25, -0.2) is 0 Å². The minimum atomic E-state index is -0.224. The largest absolute Gasteiger partial charge is 0.396 e. The molecule has 4 heteroatoms. The van der Waals surface area contributed by atoms with Crippen molar-refractivity contribution < 1.29 is 9.90 Å². The molecular weight excluding hydrogens is 180 g/mol. The molecule has 0 radical (unpaired) electrons. The van der Waals surface area contributed by atoms with Crippen LogP contribution in [0.4, 0.5) is 0 Å². The molecule has 0 heterocycles. The van der Waals surface area contributed by atoms with E-state index in [1.807, 2.05) is 20.9 Å². The highest BCUT2D eigenvalue weighted by Gasteiger charge is 2.16. The Morgan fingerprint density at radius 1 is 1.43 bits per heavy atom. The molecule has 4 nitrogen and oxygen atoms in total. The summed E-state index contributed by atoms with van der Waals surface area (Å²) in [6, 6.07) is 0. The highest BCUT2D eigenvalue weighted by Crippen LogP contribution is 2.11. The summed E-state index contributed by atoms with van der Waals surface area (Å²) in [6.07, 6.45) is 1.39. The van der Waals surface area contributed by atoms with Crippen LogP contribution in [0.2, 0.25) is 0 Å². The van der Waals surface area contributed by atoms with E-state index in [1.54, 1.807) is 0 Å². The first-order chi connectivity index (χ1) is 6.52. The standard InChI is InChI=1S/C10H22N2O2/c1-10(2,8-13)7-12-9(14)5-4-6-11-3/h11,13H,4-8H2,1-3H3,(H,12,14). The summed E-state index contributed by atoms with van der Waals surface area (Å²) in [5.41, 5.74) is -0.224. The van der Waals surface area contributed by atoms with Crippen molar-refractivity contribution in [3.8, 4) is 0 Å². The van der Waals surface area contributed by atoms with E-state index in [2.05, 4.69) is 10.6 Å². The van der Waals surface area contributed by atoms with Gasteiger partial charge >= 0.3 is 0 Å². The van der Waals surface area contributed by atoms with E-state index in [9.17, 15) is 4.79 Å². The van der Waals surface area contributed by atoms with E-state index in [1.165, 1.54) is 0 Å². The van der Waals surface area contributed by atoms with Crippen molar-refractivity contribution in [2.75, 3.05) is 26.7 Å². The van der Waals surface area contributed by atoms with E-state index >= 15 is 0 Å². The van der Waals surface area contributed by atoms with Crippen molar-refractivity contribution in [2.45, 2.75) is 26.7 Å². The summed E-state index contributed by atoms with van der Waals surface area (Å²) >= 11 is 0. The summed E-state index contributed by atoms with van der Waals surface area (Å²) in [4.78, 5) is 11.3. The van der Waals surface area contributed by atoms with Gasteiger partial charge in [0.25, 0.3) is 0 Å². The topological polar surface area (TPSA) is 61.4 Å². The summed E-state index contributed by atoms with van der Waals surface area (Å²) in [5, 5.41) is 14.8. The highest BCUT2D eigenvalue weighted by atomic mass is 16.3. The van der Waals surface area contributed by atoms with Gasteiger partial charge in [0, 0.05) is 25.0 Å². The molecule has 84 valence electrons. The Kier molecular flexibility index (Phi) is 6.49. The fourth-order valence-electron chi connectivity index (χ4n) is 0.908. The lowest BCUT2D eigenvalue weighted by Crippen LogP contribution is -2.36. The van der Waals surface area contributed by atoms with Crippen LogP contribution in [0.1, 0.15) is 26.7 Å². The lowest BCUT2D eigenvalue weighted by atomic mass is 9.95. The van der Waals surface area contributed by atoms with Crippen molar-refractivity contribution >= 4 is 5.91 Å². The van der Waals surface area contributed by atoms with Gasteiger partial charge in [-0.1, -0.05) is 13.8 Å². The number of nitrogens with one attached hydrogen (secondary N) is 2. The molecule has 1 amide bonds. The first-order valence-corrected chi connectivity index (χ1v) is 5.04. The maximum atomic E-state index is 11.3. The van der Waals surface area contributed by atoms with Crippen LogP contribution >= 0.6 is 0 Å². The molecule has 0 atom stereocenters. The molecule has 0 rings (SSSR count). The van der Waals surface area contributed by atoms with E-state index < -0.39 is 0 Å². The van der Waals surface area contributed by atoms with Gasteiger partial charge in [-0.05, 0) is 20.0 Å². The van der Waals surface area contributed by atoms with Gasteiger partial charge in [0.1, 0.15) is 0 Å². The molecule has 0 aromatic rings. The molecule has 0 aliphatic heterocycles. The van der Waals surface area contributed by atoms with Gasteiger partial charge in [-0.15, -0.1) is 0 Å². The number of carbonyl (C=O) groups excluding carboxylic acids is 1. The lowest BCUT2D eigenvalue weighted by molar-refractivity contribution is -0.121. The first kappa shape index (κ1) is 13.4. The third-order valence-corrected chi connectivity index (χ3v) is 2.02. The van der Waals surface area contributed by atoms with Crippen LogP contribution in [0.5, 0.6) is 0 Å². The molecule has 0 spiro atoms. The van der Waals surface area contributed by atoms with Gasteiger partial charge in [0.15, 0.2) is 0 Å². The maximum Gasteiger partial charge on any atom is 0.220 e. The van der Waals surface area contributed by atoms with Crippen LogP contribution < -0.4 is 10.6 Å². The number of hydrogen-bond acceptors (Lipinski definition) is 3. The Balaban J connectivity index is 3.53. The van der Waals surface area contributed by atoms with Crippen LogP contribution in [-0.4, -0.2) is 37.8 Å². The smallest absolute Gasteiger partial charge is 0.220 e. The third kappa shape index (κ3) is 6.86. The third-order valence-electron chi connectivity index (χ3n) is 2.02. The molecule has 0 fully saturated rings. The second-order valence-electron chi connectivity index (χ2n) is 4.31. The Bertz CT molecular complexity index is 170. The summed E-state index contributed by atoms with van der Waals surface area (Å²) in [7, 11) is 1.87. The maximum absolute atomic E-state index is 11.3. The summed E-state index contributed by atoms with van der Waals surface area (Å²) < 4.78 is 0. The number of aliphatic hydroxyl groups excluding tert-OH is 1. The minimum Gasteiger partial charge on any atom is -0.396 e. The lowest BCUT2D eigenvalue weighted by Gasteiger charge is -2.21. The van der Waals surface area contributed by atoms with Crippen molar-refractivity contribution in [1.82, 2.24) is 10.6 Å². The Hall–Kier alpha value is -0.610. The second kappa shape index (κ2) is 6.79. The molecule has 0 saturated carbocycles. The Morgan fingerprint density at radius 2 is 2.07 bits per heavy atom. The van der Waals surface area contributed by atoms with Crippen LogP contribution in [0.3, 0.4) is 0 Å². The van der Waals surface area contributed by atoms with Gasteiger partial charge in [-0.2, -0.15) is 0 Å². The number of carbonyl (C=O) groups is 1. The minimum absolute atomic E-state index is 0.0572. The normalized spacial score (nSPS) is 11.4. The number of hydrogen-bond donors (Lipinski definition) is 3. The average Bonchev–Trinajstić information content (AvgIpc) is 2.16. The van der Waals surface area contributed by atoms with Crippen molar-refractivity contribution in [3.05, 3.63) is 0 Å². The number of rotatable bonds is 7. The zero-order valence-electron chi connectivity index (χ0n) is 9.39. The van der Waals surface area contributed by atoms with Crippen LogP contribution in [0.15, 0.2) is 0 Å². The van der Waals surface area contributed by atoms with Crippen molar-refractivity contribution in [1.29, 1.82) is 0 Å². The first-order valence-electron chi connectivity index (χ1n) is 5.04. The van der Waals surface area contributed by atoms with Crippen LogP contribution in [-0.2, 0) is 4.79 Å². The van der Waals surface area contributed by atoms with E-state index in [0.717, 1.165) is 13.0 Å². The predicted molar refractivity (Wildman–Crippen MR) is 57.0 cm³/mol. The van der Waals surface area contributed by atoms with E-state index in [0.29, 0.717) is 13.0 Å². The quantitative estimate of drug-likeness (QED) is 0.514. The SMILES string of the molecule is CNCCCC(=O)NCC(C)(C)CO. The van der Waals surface area contributed by atoms with E-state index in [-0.39, 0.29) is 17.9 Å². The molecule has 0 bridgehead atoms. The van der Waals surface area contributed by atoms with E-state index in [4.69, 9.17) is 5.11 Å². The second-order valence-corrected chi connectivity index (χ2v) is 4.31. The Morgan fingerprint density at radius 3 is 2.57 bits per heavy atom. The molecule has 0 aliphatic rings. The van der Waals surface area contributed by atoms with Crippen molar-refractivity contribution in [3.63, 3.8) is 0 Å². The summed E-state index contributed by atoms with van der Waals surface area (Å²) in [5.74, 6) is 0.0572. The highest BCUT2D eigenvalue weighted by molar-refractivity contribution is 5.75. The molecule has 14 heavy (non-hydrogen) atoms. The number of amides is 1. The molecular formula is C10H22N2O2. The molecule has 3 N–H and O–H groups in total. The average molecular weight is 202 g/mol. The zero-order chi connectivity index (χ0) is 11.0. The summed E-state index contributed by atoms with van der Waals surface area (Å²) in [6.45, 7) is 5.31. The molecule has 0 aromatic carbocycles. The molecule has 0 saturated heterocycles. The fourth-order valence-corrected chi connectivity index (χ4v) is 0.908. The molecule has 0 unspecified atom stereocenters. The molecule has 0 aromatic heterocycles. The number of aliphatic hydroxyl groups is 1. The Labute approximate surface area is 86.1 Å². The zero-order valence-corrected chi connectivity index (χ0v) is 9.39. The van der Waals surface area contributed by atoms with Gasteiger partial charge in [-0.3, -0.25) is 4.79 Å². The molecule has 0 aliphatic carbocycles. The van der Waals surface area contributed by atoms with Gasteiger partial charge in [0.2, 0.25) is 5.91 Å². The fraction of sp³-hybridized carbons (Fsp3) is 0.900. The predicted octanol–water partition coefficient (Wildman–Crippen LogP) is 0.121. The van der Waals surface area contributed by atoms with Gasteiger partial charge < -0.3 is 15.7 Å². The monoisotopic (exact) mass is 202 g/mol. The van der Waals surface area contributed by atoms with Crippen LogP contribution in [0, 0.1) is 5.41 Å². The van der Waals surface area contributed by atoms with Crippen molar-refractivity contribution in [2.24, 2.45) is 5.41 Å².